The van der Waals surface area contributed by atoms with E-state index in [-0.39, 0.29) is 24.7 Å². The van der Waals surface area contributed by atoms with Gasteiger partial charge in [0.2, 0.25) is 0 Å². The fourth-order valence-corrected chi connectivity index (χ4v) is 3.88. The Kier molecular flexibility index (Phi) is 10.8. The number of anilines is 1. The smallest absolute Gasteiger partial charge is 0.407 e. The summed E-state index contributed by atoms with van der Waals surface area (Å²) in [5.41, 5.74) is 0.945. The summed E-state index contributed by atoms with van der Waals surface area (Å²) in [5, 5.41) is 21.0. The standard InChI is InChI=1S/C27H34Cl2N4O5/c1-27(2,3)38-26(36)32-13-18(34)16-37-19(14-30-12-17-8-9-21(28)22(29)10-17)15-31-25-11-24(35)20-6-4-5-7-23(20)33-25/h4-11,18-19,30,34H,12-16H2,1-3H3,(H,32,36)(H2,31,33,35). The Morgan fingerprint density at radius 1 is 1.05 bits per heavy atom. The van der Waals surface area contributed by atoms with E-state index < -0.39 is 17.8 Å². The molecule has 3 rings (SSSR count). The van der Waals surface area contributed by atoms with Crippen LogP contribution in [0.25, 0.3) is 10.9 Å². The summed E-state index contributed by atoms with van der Waals surface area (Å²) in [4.78, 5) is 27.5. The highest BCUT2D eigenvalue weighted by Gasteiger charge is 2.18. The molecule has 0 bridgehead atoms. The highest BCUT2D eigenvalue weighted by Crippen LogP contribution is 2.22. The number of rotatable bonds is 12. The van der Waals surface area contributed by atoms with Gasteiger partial charge in [0.05, 0.1) is 34.4 Å². The first-order valence-corrected chi connectivity index (χ1v) is 13.0. The number of carbonyl (C=O) groups excluding carboxylic acids is 1. The van der Waals surface area contributed by atoms with E-state index in [9.17, 15) is 14.7 Å². The molecule has 0 aliphatic carbocycles. The molecule has 0 saturated heterocycles. The van der Waals surface area contributed by atoms with Crippen LogP contribution in [0.4, 0.5) is 10.6 Å². The molecule has 11 heteroatoms. The predicted molar refractivity (Wildman–Crippen MR) is 151 cm³/mol. The molecule has 5 N–H and O–H groups in total. The number of benzene rings is 2. The summed E-state index contributed by atoms with van der Waals surface area (Å²) in [6.45, 7) is 6.53. The van der Waals surface area contributed by atoms with Crippen LogP contribution in [-0.4, -0.2) is 60.2 Å². The second kappa shape index (κ2) is 13.8. The van der Waals surface area contributed by atoms with Crippen LogP contribution in [0, 0.1) is 0 Å². The normalized spacial score (nSPS) is 13.2. The molecule has 0 aliphatic rings. The number of pyridine rings is 1. The van der Waals surface area contributed by atoms with Gasteiger partial charge in [0.25, 0.3) is 0 Å². The summed E-state index contributed by atoms with van der Waals surface area (Å²) in [6, 6.07) is 14.2. The fourth-order valence-electron chi connectivity index (χ4n) is 3.55. The lowest BCUT2D eigenvalue weighted by Gasteiger charge is -2.23. The number of alkyl carbamates (subject to hydrolysis) is 1. The second-order valence-corrected chi connectivity index (χ2v) is 10.7. The predicted octanol–water partition coefficient (Wildman–Crippen LogP) is 4.31. The molecular weight excluding hydrogens is 531 g/mol. The minimum absolute atomic E-state index is 0.0230. The van der Waals surface area contributed by atoms with Gasteiger partial charge in [-0.25, -0.2) is 4.79 Å². The van der Waals surface area contributed by atoms with E-state index in [1.54, 1.807) is 39.0 Å². The maximum atomic E-state index is 12.5. The number of aliphatic hydroxyl groups excluding tert-OH is 1. The van der Waals surface area contributed by atoms with Crippen molar-refractivity contribution in [2.75, 3.05) is 31.6 Å². The van der Waals surface area contributed by atoms with Crippen LogP contribution >= 0.6 is 23.2 Å². The minimum atomic E-state index is -0.944. The van der Waals surface area contributed by atoms with Gasteiger partial charge < -0.3 is 35.5 Å². The van der Waals surface area contributed by atoms with Crippen LogP contribution in [0.3, 0.4) is 0 Å². The zero-order valence-electron chi connectivity index (χ0n) is 21.6. The Morgan fingerprint density at radius 3 is 2.55 bits per heavy atom. The molecule has 3 aromatic rings. The van der Waals surface area contributed by atoms with Crippen molar-refractivity contribution in [1.29, 1.82) is 0 Å². The van der Waals surface area contributed by atoms with Crippen molar-refractivity contribution < 1.29 is 19.4 Å². The average Bonchev–Trinajstić information content (AvgIpc) is 2.85. The maximum Gasteiger partial charge on any atom is 0.407 e. The maximum absolute atomic E-state index is 12.5. The molecule has 1 amide bonds. The van der Waals surface area contributed by atoms with Crippen LogP contribution < -0.4 is 21.4 Å². The van der Waals surface area contributed by atoms with Crippen LogP contribution in [-0.2, 0) is 16.0 Å². The average molecular weight is 565 g/mol. The Balaban J connectivity index is 1.58. The quantitative estimate of drug-likeness (QED) is 0.222. The van der Waals surface area contributed by atoms with Crippen molar-refractivity contribution in [2.45, 2.75) is 45.1 Å². The molecule has 0 aliphatic heterocycles. The van der Waals surface area contributed by atoms with Crippen LogP contribution in [0.5, 0.6) is 0 Å². The number of amides is 1. The third kappa shape index (κ3) is 9.81. The third-order valence-corrected chi connectivity index (χ3v) is 6.09. The summed E-state index contributed by atoms with van der Waals surface area (Å²) in [7, 11) is 0. The van der Waals surface area contributed by atoms with Crippen LogP contribution in [0.15, 0.2) is 53.3 Å². The zero-order valence-corrected chi connectivity index (χ0v) is 23.2. The van der Waals surface area contributed by atoms with Crippen molar-refractivity contribution in [3.05, 3.63) is 74.4 Å². The Bertz CT molecular complexity index is 1280. The summed E-state index contributed by atoms with van der Waals surface area (Å²) in [5.74, 6) is 0.555. The third-order valence-electron chi connectivity index (χ3n) is 5.35. The van der Waals surface area contributed by atoms with Crippen molar-refractivity contribution >= 4 is 46.0 Å². The molecule has 0 radical (unpaired) electrons. The molecule has 2 aromatic carbocycles. The number of aromatic amines is 1. The Hall–Kier alpha value is -2.82. The number of para-hydroxylation sites is 1. The molecule has 0 spiro atoms. The summed E-state index contributed by atoms with van der Waals surface area (Å²) in [6.07, 6.45) is -1.94. The topological polar surface area (TPSA) is 125 Å². The first kappa shape index (κ1) is 29.7. The number of H-pyrrole nitrogens is 1. The van der Waals surface area contributed by atoms with Gasteiger partial charge in [-0.2, -0.15) is 0 Å². The van der Waals surface area contributed by atoms with E-state index in [0.717, 1.165) is 11.1 Å². The van der Waals surface area contributed by atoms with Gasteiger partial charge in [-0.1, -0.05) is 41.4 Å². The number of fused-ring (bicyclic) bond motifs is 1. The molecule has 2 unspecified atom stereocenters. The first-order chi connectivity index (χ1) is 18.0. The minimum Gasteiger partial charge on any atom is -0.444 e. The van der Waals surface area contributed by atoms with Gasteiger partial charge in [0, 0.05) is 37.6 Å². The Labute approximate surface area is 231 Å². The molecule has 0 fully saturated rings. The van der Waals surface area contributed by atoms with Crippen LogP contribution in [0.1, 0.15) is 26.3 Å². The number of halogens is 2. The molecule has 9 nitrogen and oxygen atoms in total. The fraction of sp³-hybridized carbons (Fsp3) is 0.407. The molecule has 1 aromatic heterocycles. The lowest BCUT2D eigenvalue weighted by Crippen LogP contribution is -2.41. The molecule has 0 saturated carbocycles. The monoisotopic (exact) mass is 564 g/mol. The Morgan fingerprint density at radius 2 is 1.82 bits per heavy atom. The van der Waals surface area contributed by atoms with E-state index in [1.807, 2.05) is 24.3 Å². The van der Waals surface area contributed by atoms with E-state index in [1.165, 1.54) is 6.07 Å². The number of ether oxygens (including phenoxy) is 2. The van der Waals surface area contributed by atoms with Crippen LogP contribution in [0.2, 0.25) is 10.0 Å². The summed E-state index contributed by atoms with van der Waals surface area (Å²) >= 11 is 12.1. The zero-order chi connectivity index (χ0) is 27.7. The van der Waals surface area contributed by atoms with Gasteiger partial charge in [-0.3, -0.25) is 4.79 Å². The van der Waals surface area contributed by atoms with E-state index in [4.69, 9.17) is 32.7 Å². The number of hydrogen-bond acceptors (Lipinski definition) is 7. The van der Waals surface area contributed by atoms with Gasteiger partial charge in [0.1, 0.15) is 11.4 Å². The second-order valence-electron chi connectivity index (χ2n) is 9.85. The number of aliphatic hydroxyl groups is 1. The van der Waals surface area contributed by atoms with Gasteiger partial charge in [-0.05, 0) is 50.6 Å². The largest absolute Gasteiger partial charge is 0.444 e. The SMILES string of the molecule is CC(C)(C)OC(=O)NCC(O)COC(CNCc1ccc(Cl)c(Cl)c1)CNc1cc(=O)c2ccccc2[nH]1. The number of aromatic nitrogens is 1. The van der Waals surface area contributed by atoms with Gasteiger partial charge >= 0.3 is 6.09 Å². The number of hydrogen-bond donors (Lipinski definition) is 5. The molecule has 2 atom stereocenters. The molecular formula is C27H34Cl2N4O5. The van der Waals surface area contributed by atoms with E-state index >= 15 is 0 Å². The highest BCUT2D eigenvalue weighted by atomic mass is 35.5. The van der Waals surface area contributed by atoms with Crippen molar-refractivity contribution in [3.63, 3.8) is 0 Å². The summed E-state index contributed by atoms with van der Waals surface area (Å²) < 4.78 is 11.1. The van der Waals surface area contributed by atoms with E-state index in [2.05, 4.69) is 20.9 Å². The van der Waals surface area contributed by atoms with Gasteiger partial charge in [-0.15, -0.1) is 0 Å². The van der Waals surface area contributed by atoms with Gasteiger partial charge in [0.15, 0.2) is 5.43 Å². The number of carbonyl (C=O) groups is 1. The van der Waals surface area contributed by atoms with Crippen molar-refractivity contribution in [3.8, 4) is 0 Å². The number of nitrogens with one attached hydrogen (secondary N) is 4. The lowest BCUT2D eigenvalue weighted by atomic mass is 10.2. The van der Waals surface area contributed by atoms with Crippen molar-refractivity contribution in [2.24, 2.45) is 0 Å². The lowest BCUT2D eigenvalue weighted by molar-refractivity contribution is -0.00481. The highest BCUT2D eigenvalue weighted by molar-refractivity contribution is 6.42. The first-order valence-electron chi connectivity index (χ1n) is 12.3. The molecule has 206 valence electrons. The van der Waals surface area contributed by atoms with Crippen molar-refractivity contribution in [1.82, 2.24) is 15.6 Å². The van der Waals surface area contributed by atoms with E-state index in [0.29, 0.717) is 40.9 Å². The molecule has 1 heterocycles. The molecule has 38 heavy (non-hydrogen) atoms.